The monoisotopic (exact) mass is 436 g/mol. The minimum absolute atomic E-state index is 0.0279. The molecule has 1 fully saturated rings. The number of imidazole rings is 1. The number of fused-ring (bicyclic) bond motifs is 3. The predicted octanol–water partition coefficient (Wildman–Crippen LogP) is 1.89. The van der Waals surface area contributed by atoms with Gasteiger partial charge in [0.2, 0.25) is 0 Å². The average molecular weight is 436 g/mol. The molecule has 31 heavy (non-hydrogen) atoms. The number of pyridine rings is 1. The minimum Gasteiger partial charge on any atom is -0.388 e. The maximum absolute atomic E-state index is 13.2. The number of rotatable bonds is 5. The van der Waals surface area contributed by atoms with Crippen molar-refractivity contribution in [1.29, 1.82) is 5.26 Å². The van der Waals surface area contributed by atoms with Crippen LogP contribution in [-0.4, -0.2) is 56.6 Å². The van der Waals surface area contributed by atoms with Gasteiger partial charge in [0.05, 0.1) is 29.2 Å². The molecule has 0 saturated carbocycles. The third-order valence-corrected chi connectivity index (χ3v) is 7.43. The van der Waals surface area contributed by atoms with Crippen LogP contribution in [0.5, 0.6) is 0 Å². The molecule has 0 aliphatic carbocycles. The molecule has 9 nitrogen and oxygen atoms in total. The molecule has 1 aromatic carbocycles. The van der Waals surface area contributed by atoms with Crippen LogP contribution in [0.15, 0.2) is 53.7 Å². The molecule has 0 amide bonds. The Morgan fingerprint density at radius 2 is 2.03 bits per heavy atom. The van der Waals surface area contributed by atoms with Gasteiger partial charge in [0.1, 0.15) is 17.9 Å². The lowest BCUT2D eigenvalue weighted by Gasteiger charge is -2.17. The van der Waals surface area contributed by atoms with Gasteiger partial charge in [-0.2, -0.15) is 5.26 Å². The molecule has 1 aliphatic rings. The van der Waals surface area contributed by atoms with Gasteiger partial charge < -0.3 is 9.67 Å². The molecule has 1 atom stereocenters. The molecule has 1 unspecified atom stereocenters. The summed E-state index contributed by atoms with van der Waals surface area (Å²) in [5.41, 5.74) is 1.67. The second-order valence-corrected chi connectivity index (χ2v) is 9.37. The van der Waals surface area contributed by atoms with E-state index in [-0.39, 0.29) is 17.5 Å². The van der Waals surface area contributed by atoms with Crippen molar-refractivity contribution in [3.63, 3.8) is 0 Å². The average Bonchev–Trinajstić information content (AvgIpc) is 3.50. The topological polar surface area (TPSA) is 117 Å². The minimum atomic E-state index is -3.81. The van der Waals surface area contributed by atoms with Crippen LogP contribution >= 0.6 is 0 Å². The van der Waals surface area contributed by atoms with Crippen molar-refractivity contribution in [1.82, 2.24) is 23.4 Å². The number of nitrogens with zero attached hydrogens (tertiary/aromatic N) is 6. The van der Waals surface area contributed by atoms with Crippen molar-refractivity contribution in [3.8, 4) is 6.07 Å². The van der Waals surface area contributed by atoms with Crippen molar-refractivity contribution >= 4 is 32.1 Å². The Kier molecular flexibility index (Phi) is 4.74. The highest BCUT2D eigenvalue weighted by Crippen LogP contribution is 2.33. The second-order valence-electron chi connectivity index (χ2n) is 7.55. The molecular formula is C21H20N6O3S. The SMILES string of the molecule is N#CCN1CCC(n2c(CO)nc3cnc4c(ccn4S(=O)(=O)c4ccccc4)c32)C1. The van der Waals surface area contributed by atoms with Gasteiger partial charge in [-0.15, -0.1) is 0 Å². The Morgan fingerprint density at radius 3 is 2.77 bits per heavy atom. The van der Waals surface area contributed by atoms with Crippen molar-refractivity contribution in [3.05, 3.63) is 54.6 Å². The summed E-state index contributed by atoms with van der Waals surface area (Å²) in [6.07, 6.45) is 3.87. The highest BCUT2D eigenvalue weighted by Gasteiger charge is 2.29. The van der Waals surface area contributed by atoms with Crippen LogP contribution in [0.25, 0.3) is 22.1 Å². The maximum atomic E-state index is 13.2. The van der Waals surface area contributed by atoms with E-state index in [4.69, 9.17) is 5.26 Å². The van der Waals surface area contributed by atoms with E-state index >= 15 is 0 Å². The lowest BCUT2D eigenvalue weighted by Crippen LogP contribution is -2.22. The smallest absolute Gasteiger partial charge is 0.269 e. The van der Waals surface area contributed by atoms with E-state index in [9.17, 15) is 13.5 Å². The summed E-state index contributed by atoms with van der Waals surface area (Å²) in [5, 5.41) is 19.6. The number of aliphatic hydroxyl groups is 1. The number of aliphatic hydroxyl groups excluding tert-OH is 1. The Balaban J connectivity index is 1.70. The van der Waals surface area contributed by atoms with Crippen LogP contribution in [0.4, 0.5) is 0 Å². The number of nitriles is 1. The summed E-state index contributed by atoms with van der Waals surface area (Å²) in [7, 11) is -3.81. The molecule has 1 N–H and O–H groups in total. The van der Waals surface area contributed by atoms with Crippen LogP contribution in [0, 0.1) is 11.3 Å². The lowest BCUT2D eigenvalue weighted by atomic mass is 10.2. The van der Waals surface area contributed by atoms with Crippen molar-refractivity contribution in [2.45, 2.75) is 24.0 Å². The summed E-state index contributed by atoms with van der Waals surface area (Å²) in [5.74, 6) is 0.506. The molecule has 0 radical (unpaired) electrons. The Bertz CT molecular complexity index is 1420. The third-order valence-electron chi connectivity index (χ3n) is 5.75. The molecule has 0 bridgehead atoms. The molecule has 4 aromatic rings. The zero-order valence-electron chi connectivity index (χ0n) is 16.6. The predicted molar refractivity (Wildman–Crippen MR) is 114 cm³/mol. The van der Waals surface area contributed by atoms with Crippen molar-refractivity contribution < 1.29 is 13.5 Å². The summed E-state index contributed by atoms with van der Waals surface area (Å²) in [6.45, 7) is 1.55. The largest absolute Gasteiger partial charge is 0.388 e. The first kappa shape index (κ1) is 19.7. The highest BCUT2D eigenvalue weighted by molar-refractivity contribution is 7.90. The van der Waals surface area contributed by atoms with Gasteiger partial charge in [0, 0.05) is 30.7 Å². The third kappa shape index (κ3) is 3.09. The van der Waals surface area contributed by atoms with E-state index in [1.165, 1.54) is 10.2 Å². The molecular weight excluding hydrogens is 416 g/mol. The summed E-state index contributed by atoms with van der Waals surface area (Å²) < 4.78 is 29.5. The molecule has 3 aromatic heterocycles. The van der Waals surface area contributed by atoms with Gasteiger partial charge >= 0.3 is 0 Å². The number of aromatic nitrogens is 4. The van der Waals surface area contributed by atoms with Gasteiger partial charge in [-0.3, -0.25) is 4.90 Å². The molecule has 0 spiro atoms. The first-order chi connectivity index (χ1) is 15.0. The fourth-order valence-electron chi connectivity index (χ4n) is 4.37. The van der Waals surface area contributed by atoms with Gasteiger partial charge in [-0.1, -0.05) is 18.2 Å². The van der Waals surface area contributed by atoms with E-state index < -0.39 is 10.0 Å². The van der Waals surface area contributed by atoms with E-state index in [0.717, 1.165) is 18.5 Å². The zero-order valence-corrected chi connectivity index (χ0v) is 17.4. The molecule has 158 valence electrons. The molecule has 1 saturated heterocycles. The van der Waals surface area contributed by atoms with Gasteiger partial charge in [-0.25, -0.2) is 22.4 Å². The Hall–Kier alpha value is -3.26. The summed E-state index contributed by atoms with van der Waals surface area (Å²) in [6, 6.07) is 12.2. The van der Waals surface area contributed by atoms with E-state index in [1.54, 1.807) is 42.6 Å². The van der Waals surface area contributed by atoms with Gasteiger partial charge in [0.25, 0.3) is 10.0 Å². The fourth-order valence-corrected chi connectivity index (χ4v) is 5.69. The molecule has 1 aliphatic heterocycles. The molecule has 4 heterocycles. The quantitative estimate of drug-likeness (QED) is 0.475. The van der Waals surface area contributed by atoms with Crippen molar-refractivity contribution in [2.75, 3.05) is 19.6 Å². The fraction of sp³-hybridized carbons (Fsp3) is 0.286. The van der Waals surface area contributed by atoms with Crippen LogP contribution in [-0.2, 0) is 16.6 Å². The zero-order chi connectivity index (χ0) is 21.6. The first-order valence-electron chi connectivity index (χ1n) is 9.92. The van der Waals surface area contributed by atoms with Crippen molar-refractivity contribution in [2.24, 2.45) is 0 Å². The van der Waals surface area contributed by atoms with Gasteiger partial charge in [-0.05, 0) is 24.6 Å². The molecule has 5 rings (SSSR count). The van der Waals surface area contributed by atoms with Crippen LogP contribution in [0.2, 0.25) is 0 Å². The van der Waals surface area contributed by atoms with Crippen LogP contribution in [0.1, 0.15) is 18.3 Å². The summed E-state index contributed by atoms with van der Waals surface area (Å²) in [4.78, 5) is 11.2. The van der Waals surface area contributed by atoms with Crippen LogP contribution in [0.3, 0.4) is 0 Å². The lowest BCUT2D eigenvalue weighted by molar-refractivity contribution is 0.260. The number of likely N-dealkylation sites (tertiary alicyclic amines) is 1. The maximum Gasteiger partial charge on any atom is 0.269 e. The number of hydrogen-bond donors (Lipinski definition) is 1. The highest BCUT2D eigenvalue weighted by atomic mass is 32.2. The van der Waals surface area contributed by atoms with E-state index in [0.29, 0.717) is 35.5 Å². The Morgan fingerprint density at radius 1 is 1.23 bits per heavy atom. The molecule has 10 heteroatoms. The number of benzene rings is 1. The second kappa shape index (κ2) is 7.46. The van der Waals surface area contributed by atoms with E-state index in [2.05, 4.69) is 20.9 Å². The number of hydrogen-bond acceptors (Lipinski definition) is 7. The van der Waals surface area contributed by atoms with E-state index in [1.807, 2.05) is 4.57 Å². The Labute approximate surface area is 178 Å². The standard InChI is InChI=1S/C21H20N6O3S/c22-8-11-25-9-6-15(13-25)27-19(14-28)24-18-12-23-21-17(20(18)27)7-10-26(21)31(29,30)16-4-2-1-3-5-16/h1-5,7,10,12,15,28H,6,9,11,13-14H2. The summed E-state index contributed by atoms with van der Waals surface area (Å²) >= 11 is 0. The van der Waals surface area contributed by atoms with Crippen LogP contribution < -0.4 is 0 Å². The van der Waals surface area contributed by atoms with Gasteiger partial charge in [0.15, 0.2) is 5.65 Å². The first-order valence-corrected chi connectivity index (χ1v) is 11.4. The normalized spacial score (nSPS) is 17.5.